The van der Waals surface area contributed by atoms with Crippen LogP contribution in [0, 0.1) is 5.41 Å². The van der Waals surface area contributed by atoms with Gasteiger partial charge in [0, 0.05) is 0 Å². The summed E-state index contributed by atoms with van der Waals surface area (Å²) in [5.41, 5.74) is 1.09. The summed E-state index contributed by atoms with van der Waals surface area (Å²) in [6, 6.07) is 7.23. The third-order valence-electron chi connectivity index (χ3n) is 5.26. The molecule has 1 aliphatic heterocycles. The van der Waals surface area contributed by atoms with Crippen molar-refractivity contribution in [2.45, 2.75) is 38.7 Å². The van der Waals surface area contributed by atoms with Gasteiger partial charge in [0.15, 0.2) is 0 Å². The summed E-state index contributed by atoms with van der Waals surface area (Å²) in [6.45, 7) is 5.87. The van der Waals surface area contributed by atoms with E-state index in [1.165, 1.54) is 52.4 Å². The third-order valence-corrected chi connectivity index (χ3v) is 5.26. The lowest BCUT2D eigenvalue weighted by Gasteiger charge is -2.51. The molecule has 1 heterocycles. The van der Waals surface area contributed by atoms with Crippen molar-refractivity contribution in [2.24, 2.45) is 5.41 Å². The van der Waals surface area contributed by atoms with Crippen molar-refractivity contribution >= 4 is 5.97 Å². The summed E-state index contributed by atoms with van der Waals surface area (Å²) in [7, 11) is 1.39. The summed E-state index contributed by atoms with van der Waals surface area (Å²) in [5, 5.41) is 0. The van der Waals surface area contributed by atoms with Crippen LogP contribution in [0.25, 0.3) is 0 Å². The number of piperidine rings is 1. The van der Waals surface area contributed by atoms with E-state index in [0.29, 0.717) is 17.1 Å². The maximum atomic E-state index is 11.4. The van der Waals surface area contributed by atoms with Gasteiger partial charge in [-0.15, -0.1) is 0 Å². The van der Waals surface area contributed by atoms with Gasteiger partial charge in [-0.2, -0.15) is 0 Å². The molecule has 1 aliphatic carbocycles. The van der Waals surface area contributed by atoms with Gasteiger partial charge in [-0.05, 0) is 75.0 Å². The summed E-state index contributed by atoms with van der Waals surface area (Å²) < 4.78 is 10.7. The van der Waals surface area contributed by atoms with Crippen molar-refractivity contribution < 1.29 is 14.3 Å². The number of nitrogens with zero attached hydrogens (tertiary/aromatic N) is 1. The van der Waals surface area contributed by atoms with Crippen LogP contribution in [0.15, 0.2) is 24.3 Å². The summed E-state index contributed by atoms with van der Waals surface area (Å²) in [6.07, 6.45) is 5.29. The van der Waals surface area contributed by atoms with E-state index in [1.807, 2.05) is 12.1 Å². The Hall–Kier alpha value is -1.55. The van der Waals surface area contributed by atoms with Crippen LogP contribution in [-0.2, 0) is 4.74 Å². The van der Waals surface area contributed by atoms with Crippen LogP contribution in [0.3, 0.4) is 0 Å². The van der Waals surface area contributed by atoms with E-state index in [-0.39, 0.29) is 5.97 Å². The molecule has 22 heavy (non-hydrogen) atoms. The molecule has 3 rings (SSSR count). The second kappa shape index (κ2) is 6.29. The predicted octanol–water partition coefficient (Wildman–Crippen LogP) is 3.12. The molecular formula is C18H25NO3. The molecule has 0 radical (unpaired) electrons. The van der Waals surface area contributed by atoms with Crippen molar-refractivity contribution in [1.82, 2.24) is 4.90 Å². The van der Waals surface area contributed by atoms with Crippen LogP contribution in [0.1, 0.15) is 43.0 Å². The van der Waals surface area contributed by atoms with Gasteiger partial charge < -0.3 is 14.4 Å². The monoisotopic (exact) mass is 303 g/mol. The van der Waals surface area contributed by atoms with Gasteiger partial charge in [0.25, 0.3) is 0 Å². The van der Waals surface area contributed by atoms with Crippen molar-refractivity contribution in [3.63, 3.8) is 0 Å². The van der Waals surface area contributed by atoms with Crippen LogP contribution in [0.4, 0.5) is 0 Å². The zero-order valence-corrected chi connectivity index (χ0v) is 13.5. The maximum absolute atomic E-state index is 11.4. The van der Waals surface area contributed by atoms with Crippen LogP contribution >= 0.6 is 0 Å². The Morgan fingerprint density at radius 2 is 1.86 bits per heavy atom. The van der Waals surface area contributed by atoms with E-state index in [1.54, 1.807) is 12.1 Å². The number of likely N-dealkylation sites (tertiary alicyclic amines) is 1. The van der Waals surface area contributed by atoms with Crippen LogP contribution < -0.4 is 4.74 Å². The molecule has 1 aromatic rings. The van der Waals surface area contributed by atoms with Crippen molar-refractivity contribution in [2.75, 3.05) is 26.7 Å². The number of rotatable bonds is 4. The Bertz CT molecular complexity index is 510. The average Bonchev–Trinajstić information content (AvgIpc) is 2.54. The van der Waals surface area contributed by atoms with Crippen LogP contribution in [-0.4, -0.2) is 43.7 Å². The molecule has 2 aliphatic rings. The average molecular weight is 303 g/mol. The van der Waals surface area contributed by atoms with Gasteiger partial charge in [-0.3, -0.25) is 0 Å². The van der Waals surface area contributed by atoms with E-state index < -0.39 is 0 Å². The fraction of sp³-hybridized carbons (Fsp3) is 0.611. The summed E-state index contributed by atoms with van der Waals surface area (Å²) in [4.78, 5) is 13.9. The highest BCUT2D eigenvalue weighted by Crippen LogP contribution is 2.50. The Morgan fingerprint density at radius 1 is 1.23 bits per heavy atom. The largest absolute Gasteiger partial charge is 0.490 e. The zero-order valence-electron chi connectivity index (χ0n) is 13.5. The van der Waals surface area contributed by atoms with Crippen LogP contribution in [0.2, 0.25) is 0 Å². The minimum atomic E-state index is -0.308. The smallest absolute Gasteiger partial charge is 0.337 e. The first-order valence-electron chi connectivity index (χ1n) is 8.21. The molecular weight excluding hydrogens is 278 g/mol. The number of carbonyl (C=O) groups excluding carboxylic acids is 1. The highest BCUT2D eigenvalue weighted by Gasteiger charge is 2.46. The number of hydrogen-bond acceptors (Lipinski definition) is 4. The number of benzene rings is 1. The highest BCUT2D eigenvalue weighted by molar-refractivity contribution is 5.89. The number of carbonyl (C=O) groups is 1. The van der Waals surface area contributed by atoms with Gasteiger partial charge in [0.05, 0.1) is 18.8 Å². The summed E-state index contributed by atoms with van der Waals surface area (Å²) in [5.74, 6) is 0.537. The highest BCUT2D eigenvalue weighted by atomic mass is 16.5. The standard InChI is InChI=1S/C18H25NO3/c1-3-19-10-8-18(9-11-19)12-16(13-18)22-15-6-4-14(5-7-15)17(20)21-2/h4-7,16H,3,8-13H2,1-2H3. The van der Waals surface area contributed by atoms with Gasteiger partial charge in [0.1, 0.15) is 5.75 Å². The first-order chi connectivity index (χ1) is 10.6. The topological polar surface area (TPSA) is 38.8 Å². The lowest BCUT2D eigenvalue weighted by molar-refractivity contribution is -0.0544. The molecule has 4 heteroatoms. The molecule has 0 amide bonds. The predicted molar refractivity (Wildman–Crippen MR) is 85.2 cm³/mol. The number of hydrogen-bond donors (Lipinski definition) is 0. The molecule has 120 valence electrons. The SMILES string of the molecule is CCN1CCC2(CC1)CC(Oc1ccc(C(=O)OC)cc1)C2. The molecule has 1 saturated carbocycles. The Balaban J connectivity index is 1.49. The quantitative estimate of drug-likeness (QED) is 0.801. The zero-order chi connectivity index (χ0) is 15.6. The molecule has 0 unspecified atom stereocenters. The van der Waals surface area contributed by atoms with Gasteiger partial charge in [0.2, 0.25) is 0 Å². The third kappa shape index (κ3) is 3.12. The Kier molecular flexibility index (Phi) is 4.39. The van der Waals surface area contributed by atoms with Crippen molar-refractivity contribution in [3.05, 3.63) is 29.8 Å². The van der Waals surface area contributed by atoms with Crippen LogP contribution in [0.5, 0.6) is 5.75 Å². The number of methoxy groups -OCH3 is 1. The minimum absolute atomic E-state index is 0.308. The lowest BCUT2D eigenvalue weighted by Crippen LogP contribution is -2.50. The normalized spacial score (nSPS) is 21.4. The fourth-order valence-electron chi connectivity index (χ4n) is 3.72. The Labute approximate surface area is 132 Å². The fourth-order valence-corrected chi connectivity index (χ4v) is 3.72. The van der Waals surface area contributed by atoms with Gasteiger partial charge in [-0.25, -0.2) is 4.79 Å². The van der Waals surface area contributed by atoms with E-state index in [9.17, 15) is 4.79 Å². The van der Waals surface area contributed by atoms with E-state index in [4.69, 9.17) is 9.47 Å². The molecule has 1 saturated heterocycles. The maximum Gasteiger partial charge on any atom is 0.337 e. The Morgan fingerprint density at radius 3 is 2.41 bits per heavy atom. The molecule has 1 aromatic carbocycles. The molecule has 2 fully saturated rings. The molecule has 1 spiro atoms. The molecule has 0 aromatic heterocycles. The second-order valence-electron chi connectivity index (χ2n) is 6.60. The molecule has 0 atom stereocenters. The number of esters is 1. The van der Waals surface area contributed by atoms with E-state index in [2.05, 4.69) is 11.8 Å². The molecule has 0 N–H and O–H groups in total. The van der Waals surface area contributed by atoms with Gasteiger partial charge in [-0.1, -0.05) is 6.92 Å². The lowest BCUT2D eigenvalue weighted by atomic mass is 9.61. The summed E-state index contributed by atoms with van der Waals surface area (Å²) >= 11 is 0. The van der Waals surface area contributed by atoms with Crippen molar-refractivity contribution in [1.29, 1.82) is 0 Å². The first-order valence-corrected chi connectivity index (χ1v) is 8.21. The van der Waals surface area contributed by atoms with E-state index >= 15 is 0 Å². The molecule has 0 bridgehead atoms. The number of ether oxygens (including phenoxy) is 2. The first kappa shape index (κ1) is 15.3. The van der Waals surface area contributed by atoms with Crippen molar-refractivity contribution in [3.8, 4) is 5.75 Å². The second-order valence-corrected chi connectivity index (χ2v) is 6.60. The molecule has 4 nitrogen and oxygen atoms in total. The minimum Gasteiger partial charge on any atom is -0.490 e. The van der Waals surface area contributed by atoms with E-state index in [0.717, 1.165) is 5.75 Å². The van der Waals surface area contributed by atoms with Gasteiger partial charge >= 0.3 is 5.97 Å².